The molecule has 0 fully saturated rings. The fourth-order valence-corrected chi connectivity index (χ4v) is 4.16. The minimum absolute atomic E-state index is 0.0406. The Morgan fingerprint density at radius 3 is 2.45 bits per heavy atom. The van der Waals surface area contributed by atoms with Gasteiger partial charge in [-0.25, -0.2) is 4.98 Å². The molecule has 1 atom stereocenters. The van der Waals surface area contributed by atoms with Crippen LogP contribution in [0.25, 0.3) is 10.9 Å². The molecule has 0 aliphatic heterocycles. The average molecular weight is 410 g/mol. The molecular formula is C23H27N3O2S. The highest BCUT2D eigenvalue weighted by atomic mass is 32.2. The Balaban J connectivity index is 1.73. The number of rotatable bonds is 7. The van der Waals surface area contributed by atoms with E-state index < -0.39 is 0 Å². The van der Waals surface area contributed by atoms with Crippen molar-refractivity contribution >= 4 is 28.6 Å². The van der Waals surface area contributed by atoms with Crippen molar-refractivity contribution < 1.29 is 4.79 Å². The van der Waals surface area contributed by atoms with Crippen LogP contribution >= 0.6 is 11.8 Å². The van der Waals surface area contributed by atoms with Gasteiger partial charge >= 0.3 is 0 Å². The van der Waals surface area contributed by atoms with Gasteiger partial charge in [-0.3, -0.25) is 14.2 Å². The van der Waals surface area contributed by atoms with Gasteiger partial charge < -0.3 is 5.32 Å². The lowest BCUT2D eigenvalue weighted by Gasteiger charge is -2.17. The maximum atomic E-state index is 12.9. The number of fused-ring (bicyclic) bond motifs is 1. The first-order valence-electron chi connectivity index (χ1n) is 9.93. The Hall–Kier alpha value is -2.60. The summed E-state index contributed by atoms with van der Waals surface area (Å²) >= 11 is 1.30. The van der Waals surface area contributed by atoms with Crippen LogP contribution in [0.3, 0.4) is 0 Å². The van der Waals surface area contributed by atoms with Crippen LogP contribution in [0, 0.1) is 0 Å². The highest BCUT2D eigenvalue weighted by Crippen LogP contribution is 2.21. The van der Waals surface area contributed by atoms with E-state index >= 15 is 0 Å². The first-order chi connectivity index (χ1) is 13.9. The topological polar surface area (TPSA) is 64.0 Å². The summed E-state index contributed by atoms with van der Waals surface area (Å²) in [7, 11) is 0. The molecule has 1 aromatic heterocycles. The standard InChI is InChI=1S/C23H27N3O2S/c1-5-17-10-12-18(13-11-17)16(4)24-21(27)14-29-23-25-20-9-7-6-8-19(20)22(28)26(23)15(2)3/h6-13,15-16H,5,14H2,1-4H3,(H,24,27). The first kappa shape index (κ1) is 21.1. The van der Waals surface area contributed by atoms with Crippen molar-refractivity contribution in [3.63, 3.8) is 0 Å². The summed E-state index contributed by atoms with van der Waals surface area (Å²) < 4.78 is 1.66. The molecule has 0 saturated heterocycles. The number of amides is 1. The largest absolute Gasteiger partial charge is 0.349 e. The van der Waals surface area contributed by atoms with Crippen molar-refractivity contribution in [2.75, 3.05) is 5.75 Å². The maximum Gasteiger partial charge on any atom is 0.262 e. The number of hydrogen-bond donors (Lipinski definition) is 1. The van der Waals surface area contributed by atoms with E-state index in [-0.39, 0.29) is 29.3 Å². The Labute approximate surface area is 175 Å². The Bertz CT molecular complexity index is 1060. The van der Waals surface area contributed by atoms with Crippen LogP contribution in [0.4, 0.5) is 0 Å². The average Bonchev–Trinajstić information content (AvgIpc) is 2.72. The number of thioether (sulfide) groups is 1. The van der Waals surface area contributed by atoms with Gasteiger partial charge in [-0.2, -0.15) is 0 Å². The summed E-state index contributed by atoms with van der Waals surface area (Å²) in [6, 6.07) is 15.5. The molecule has 1 heterocycles. The number of nitrogens with zero attached hydrogens (tertiary/aromatic N) is 2. The highest BCUT2D eigenvalue weighted by molar-refractivity contribution is 7.99. The minimum atomic E-state index is -0.0835. The number of carbonyl (C=O) groups excluding carboxylic acids is 1. The van der Waals surface area contributed by atoms with Gasteiger partial charge in [0.25, 0.3) is 5.56 Å². The number of hydrogen-bond acceptors (Lipinski definition) is 4. The van der Waals surface area contributed by atoms with E-state index in [2.05, 4.69) is 41.5 Å². The van der Waals surface area contributed by atoms with E-state index in [0.29, 0.717) is 16.1 Å². The molecule has 2 aromatic carbocycles. The zero-order chi connectivity index (χ0) is 21.0. The van der Waals surface area contributed by atoms with Gasteiger partial charge in [0.15, 0.2) is 5.16 Å². The number of aromatic nitrogens is 2. The summed E-state index contributed by atoms with van der Waals surface area (Å²) in [5.74, 6) is 0.120. The lowest BCUT2D eigenvalue weighted by Crippen LogP contribution is -2.29. The zero-order valence-electron chi connectivity index (χ0n) is 17.3. The minimum Gasteiger partial charge on any atom is -0.349 e. The number of aryl methyl sites for hydroxylation is 1. The van der Waals surface area contributed by atoms with E-state index in [0.717, 1.165) is 12.0 Å². The van der Waals surface area contributed by atoms with Gasteiger partial charge in [-0.05, 0) is 50.5 Å². The Morgan fingerprint density at radius 1 is 1.10 bits per heavy atom. The van der Waals surface area contributed by atoms with Crippen LogP contribution in [0.15, 0.2) is 58.5 Å². The van der Waals surface area contributed by atoms with Crippen LogP contribution in [0.5, 0.6) is 0 Å². The van der Waals surface area contributed by atoms with E-state index in [4.69, 9.17) is 0 Å². The Morgan fingerprint density at radius 2 is 1.79 bits per heavy atom. The molecule has 152 valence electrons. The summed E-state index contributed by atoms with van der Waals surface area (Å²) in [6.45, 7) is 7.99. The predicted octanol–water partition coefficient (Wildman–Crippen LogP) is 4.51. The van der Waals surface area contributed by atoms with Gasteiger partial charge in [0.1, 0.15) is 0 Å². The van der Waals surface area contributed by atoms with Crippen LogP contribution < -0.4 is 10.9 Å². The third kappa shape index (κ3) is 4.88. The molecular weight excluding hydrogens is 382 g/mol. The molecule has 1 N–H and O–H groups in total. The predicted molar refractivity (Wildman–Crippen MR) is 119 cm³/mol. The van der Waals surface area contributed by atoms with Gasteiger partial charge in [0, 0.05) is 6.04 Å². The maximum absolute atomic E-state index is 12.9. The molecule has 29 heavy (non-hydrogen) atoms. The van der Waals surface area contributed by atoms with Crippen molar-refractivity contribution in [2.45, 2.75) is 51.4 Å². The summed E-state index contributed by atoms with van der Waals surface area (Å²) in [5, 5.41) is 4.19. The second-order valence-corrected chi connectivity index (χ2v) is 8.30. The van der Waals surface area contributed by atoms with Gasteiger partial charge in [0.2, 0.25) is 5.91 Å². The quantitative estimate of drug-likeness (QED) is 0.461. The van der Waals surface area contributed by atoms with Crippen LogP contribution in [0.2, 0.25) is 0 Å². The number of para-hydroxylation sites is 1. The van der Waals surface area contributed by atoms with Gasteiger partial charge in [-0.1, -0.05) is 55.1 Å². The third-order valence-electron chi connectivity index (χ3n) is 4.89. The van der Waals surface area contributed by atoms with Crippen molar-refractivity contribution in [1.82, 2.24) is 14.9 Å². The fourth-order valence-electron chi connectivity index (χ4n) is 3.22. The molecule has 0 spiro atoms. The van der Waals surface area contributed by atoms with Gasteiger partial charge in [-0.15, -0.1) is 0 Å². The van der Waals surface area contributed by atoms with Crippen molar-refractivity contribution in [2.24, 2.45) is 0 Å². The fraction of sp³-hybridized carbons (Fsp3) is 0.348. The zero-order valence-corrected chi connectivity index (χ0v) is 18.1. The lowest BCUT2D eigenvalue weighted by atomic mass is 10.1. The second kappa shape index (κ2) is 9.27. The number of carbonyl (C=O) groups is 1. The van der Waals surface area contributed by atoms with E-state index in [1.54, 1.807) is 10.6 Å². The van der Waals surface area contributed by atoms with E-state index in [9.17, 15) is 9.59 Å². The Kier molecular flexibility index (Phi) is 6.75. The molecule has 5 nitrogen and oxygen atoms in total. The van der Waals surface area contributed by atoms with Crippen molar-refractivity contribution in [1.29, 1.82) is 0 Å². The molecule has 0 radical (unpaired) electrons. The SMILES string of the molecule is CCc1ccc(C(C)NC(=O)CSc2nc3ccccc3c(=O)n2C(C)C)cc1. The molecule has 1 amide bonds. The second-order valence-electron chi connectivity index (χ2n) is 7.35. The number of benzene rings is 2. The highest BCUT2D eigenvalue weighted by Gasteiger charge is 2.16. The lowest BCUT2D eigenvalue weighted by molar-refractivity contribution is -0.119. The summed E-state index contributed by atoms with van der Waals surface area (Å²) in [5.41, 5.74) is 2.93. The monoisotopic (exact) mass is 409 g/mol. The molecule has 0 saturated carbocycles. The summed E-state index contributed by atoms with van der Waals surface area (Å²) in [6.07, 6.45) is 0.994. The molecule has 3 aromatic rings. The van der Waals surface area contributed by atoms with Gasteiger partial charge in [0.05, 0.1) is 22.7 Å². The van der Waals surface area contributed by atoms with Crippen LogP contribution in [0.1, 0.15) is 50.9 Å². The molecule has 1 unspecified atom stereocenters. The van der Waals surface area contributed by atoms with Crippen LogP contribution in [-0.4, -0.2) is 21.2 Å². The number of nitrogens with one attached hydrogen (secondary N) is 1. The van der Waals surface area contributed by atoms with Crippen molar-refractivity contribution in [3.05, 3.63) is 70.0 Å². The molecule has 0 aliphatic carbocycles. The van der Waals surface area contributed by atoms with Crippen LogP contribution in [-0.2, 0) is 11.2 Å². The van der Waals surface area contributed by atoms with E-state index in [1.165, 1.54) is 17.3 Å². The summed E-state index contributed by atoms with van der Waals surface area (Å²) in [4.78, 5) is 30.0. The normalized spacial score (nSPS) is 12.3. The molecule has 0 bridgehead atoms. The molecule has 0 aliphatic rings. The van der Waals surface area contributed by atoms with E-state index in [1.807, 2.05) is 39.0 Å². The molecule has 3 rings (SSSR count). The molecule has 6 heteroatoms. The van der Waals surface area contributed by atoms with Crippen molar-refractivity contribution in [3.8, 4) is 0 Å². The first-order valence-corrected chi connectivity index (χ1v) is 10.9. The smallest absolute Gasteiger partial charge is 0.262 e. The third-order valence-corrected chi connectivity index (χ3v) is 5.84.